The van der Waals surface area contributed by atoms with Crippen molar-refractivity contribution in [2.45, 2.75) is 0 Å². The Morgan fingerprint density at radius 1 is 2.00 bits per heavy atom. The molecule has 0 spiro atoms. The molecular weight excluding hydrogens is 110 g/mol. The highest BCUT2D eigenvalue weighted by molar-refractivity contribution is 8.13. The van der Waals surface area contributed by atoms with Crippen LogP contribution in [0.15, 0.2) is 12.7 Å². The van der Waals surface area contributed by atoms with Crippen LogP contribution < -0.4 is 5.73 Å². The first-order valence-electron chi connectivity index (χ1n) is 1.76. The molecule has 0 fully saturated rings. The largest absolute Gasteiger partial charge is 0.297 e. The molecule has 0 unspecified atom stereocenters. The van der Waals surface area contributed by atoms with Crippen molar-refractivity contribution in [3.05, 3.63) is 12.7 Å². The highest BCUT2D eigenvalue weighted by Crippen LogP contribution is 1.97. The van der Waals surface area contributed by atoms with Crippen LogP contribution in [0.2, 0.25) is 0 Å². The van der Waals surface area contributed by atoms with E-state index in [0.29, 0.717) is 5.75 Å². The van der Waals surface area contributed by atoms with Crippen molar-refractivity contribution in [1.29, 1.82) is 0 Å². The van der Waals surface area contributed by atoms with Gasteiger partial charge in [0.2, 0.25) is 0 Å². The Kier molecular flexibility index (Phi) is 3.50. The van der Waals surface area contributed by atoms with Crippen LogP contribution in [0.4, 0.5) is 4.79 Å². The summed E-state index contributed by atoms with van der Waals surface area (Å²) < 4.78 is 0. The zero-order valence-corrected chi connectivity index (χ0v) is 4.62. The van der Waals surface area contributed by atoms with Gasteiger partial charge in [-0.25, -0.2) is 0 Å². The summed E-state index contributed by atoms with van der Waals surface area (Å²) in [5, 5.41) is -0.597. The molecule has 0 saturated heterocycles. The van der Waals surface area contributed by atoms with Crippen LogP contribution in [-0.2, 0) is 0 Å². The minimum atomic E-state index is -0.597. The van der Waals surface area contributed by atoms with E-state index < -0.39 is 5.24 Å². The van der Waals surface area contributed by atoms with Crippen LogP contribution in [0.1, 0.15) is 0 Å². The topological polar surface area (TPSA) is 40.9 Å². The first-order chi connectivity index (χ1) is 3.27. The molecule has 0 heterocycles. The maximum atomic E-state index is 9.78. The fourth-order valence-corrected chi connectivity index (χ4v) is 0.404. The smallest absolute Gasteiger partial charge is 0.260 e. The van der Waals surface area contributed by atoms with Gasteiger partial charge in [-0.05, 0) is 0 Å². The number of amides is 1. The molecule has 0 rings (SSSR count). The molecular formula is C4H6NOS. The minimum Gasteiger partial charge on any atom is -0.260 e. The van der Waals surface area contributed by atoms with Gasteiger partial charge in [0.25, 0.3) is 5.24 Å². The lowest BCUT2D eigenvalue weighted by Crippen LogP contribution is -1.85. The highest BCUT2D eigenvalue weighted by Gasteiger charge is 1.88. The number of hydrogen-bond acceptors (Lipinski definition) is 2. The third-order valence-electron chi connectivity index (χ3n) is 0.332. The Hall–Kier alpha value is -0.440. The third-order valence-corrected chi connectivity index (χ3v) is 0.997. The molecule has 7 heavy (non-hydrogen) atoms. The number of nitrogens with one attached hydrogen (secondary N) is 1. The molecule has 1 N–H and O–H groups in total. The number of rotatable bonds is 2. The van der Waals surface area contributed by atoms with Crippen molar-refractivity contribution in [3.8, 4) is 0 Å². The SMILES string of the molecule is C=CCSC([NH])=O. The number of thioether (sulfide) groups is 1. The summed E-state index contributed by atoms with van der Waals surface area (Å²) in [5.41, 5.74) is 6.36. The average Bonchev–Trinajstić information content (AvgIpc) is 1.61. The van der Waals surface area contributed by atoms with E-state index in [0.717, 1.165) is 11.8 Å². The van der Waals surface area contributed by atoms with Crippen LogP contribution in [-0.4, -0.2) is 11.0 Å². The molecule has 0 aliphatic rings. The predicted molar refractivity (Wildman–Crippen MR) is 31.1 cm³/mol. The first-order valence-corrected chi connectivity index (χ1v) is 2.75. The summed E-state index contributed by atoms with van der Waals surface area (Å²) in [7, 11) is 0. The number of carbonyl (C=O) groups is 1. The van der Waals surface area contributed by atoms with Gasteiger partial charge < -0.3 is 0 Å². The molecule has 0 aliphatic carbocycles. The molecule has 0 bridgehead atoms. The second kappa shape index (κ2) is 3.74. The Balaban J connectivity index is 2.97. The Morgan fingerprint density at radius 2 is 2.57 bits per heavy atom. The van der Waals surface area contributed by atoms with Crippen molar-refractivity contribution in [1.82, 2.24) is 5.73 Å². The van der Waals surface area contributed by atoms with E-state index in [1.165, 1.54) is 0 Å². The monoisotopic (exact) mass is 116 g/mol. The Bertz CT molecular complexity index is 81.8. The quantitative estimate of drug-likeness (QED) is 0.510. The molecule has 3 heteroatoms. The molecule has 0 aromatic carbocycles. The van der Waals surface area contributed by atoms with Crippen LogP contribution >= 0.6 is 11.8 Å². The Morgan fingerprint density at radius 3 is 2.71 bits per heavy atom. The molecule has 1 amide bonds. The summed E-state index contributed by atoms with van der Waals surface area (Å²) in [4.78, 5) is 9.78. The van der Waals surface area contributed by atoms with E-state index in [2.05, 4.69) is 6.58 Å². The van der Waals surface area contributed by atoms with Crippen LogP contribution in [0, 0.1) is 0 Å². The first kappa shape index (κ1) is 6.56. The molecule has 0 aliphatic heterocycles. The van der Waals surface area contributed by atoms with Gasteiger partial charge in [0, 0.05) is 5.75 Å². The molecule has 0 aromatic rings. The third kappa shape index (κ3) is 5.56. The standard InChI is InChI=1S/C4H6NOS/c1-2-3-7-4(5)6/h2,5H,1,3H2. The normalized spacial score (nSPS) is 8.00. The van der Waals surface area contributed by atoms with Crippen molar-refractivity contribution >= 4 is 17.0 Å². The molecule has 39 valence electrons. The second-order valence-electron chi connectivity index (χ2n) is 0.887. The van der Waals surface area contributed by atoms with Gasteiger partial charge in [-0.2, -0.15) is 0 Å². The van der Waals surface area contributed by atoms with Crippen molar-refractivity contribution < 1.29 is 4.79 Å². The van der Waals surface area contributed by atoms with Crippen LogP contribution in [0.25, 0.3) is 0 Å². The van der Waals surface area contributed by atoms with Gasteiger partial charge in [-0.1, -0.05) is 17.8 Å². The summed E-state index contributed by atoms with van der Waals surface area (Å²) in [6, 6.07) is 0. The lowest BCUT2D eigenvalue weighted by molar-refractivity contribution is 0.266. The lowest BCUT2D eigenvalue weighted by atomic mass is 10.8. The van der Waals surface area contributed by atoms with Gasteiger partial charge in [-0.15, -0.1) is 6.58 Å². The molecule has 0 aromatic heterocycles. The van der Waals surface area contributed by atoms with Crippen LogP contribution in [0.3, 0.4) is 0 Å². The summed E-state index contributed by atoms with van der Waals surface area (Å²) >= 11 is 0.941. The maximum absolute atomic E-state index is 9.78. The number of carbonyl (C=O) groups excluding carboxylic acids is 1. The highest BCUT2D eigenvalue weighted by atomic mass is 32.2. The van der Waals surface area contributed by atoms with Gasteiger partial charge in [-0.3, -0.25) is 10.5 Å². The van der Waals surface area contributed by atoms with Crippen LogP contribution in [0.5, 0.6) is 0 Å². The van der Waals surface area contributed by atoms with Crippen molar-refractivity contribution in [3.63, 3.8) is 0 Å². The van der Waals surface area contributed by atoms with E-state index in [-0.39, 0.29) is 0 Å². The van der Waals surface area contributed by atoms with E-state index in [1.54, 1.807) is 6.08 Å². The summed E-state index contributed by atoms with van der Waals surface area (Å²) in [6.07, 6.45) is 1.59. The van der Waals surface area contributed by atoms with E-state index >= 15 is 0 Å². The average molecular weight is 116 g/mol. The van der Waals surface area contributed by atoms with Gasteiger partial charge in [0.15, 0.2) is 0 Å². The fourth-order valence-electron chi connectivity index (χ4n) is 0.135. The zero-order valence-electron chi connectivity index (χ0n) is 3.81. The summed E-state index contributed by atoms with van der Waals surface area (Å²) in [6.45, 7) is 3.38. The van der Waals surface area contributed by atoms with Gasteiger partial charge in [0.05, 0.1) is 0 Å². The molecule has 0 atom stereocenters. The van der Waals surface area contributed by atoms with E-state index in [9.17, 15) is 4.79 Å². The van der Waals surface area contributed by atoms with E-state index in [4.69, 9.17) is 5.73 Å². The van der Waals surface area contributed by atoms with E-state index in [1.807, 2.05) is 0 Å². The second-order valence-corrected chi connectivity index (χ2v) is 1.88. The number of hydrogen-bond donors (Lipinski definition) is 0. The molecule has 1 radical (unpaired) electrons. The van der Waals surface area contributed by atoms with Gasteiger partial charge in [0.1, 0.15) is 0 Å². The zero-order chi connectivity index (χ0) is 5.70. The van der Waals surface area contributed by atoms with Gasteiger partial charge >= 0.3 is 0 Å². The minimum absolute atomic E-state index is 0.544. The maximum Gasteiger partial charge on any atom is 0.297 e. The molecule has 0 saturated carbocycles. The Labute approximate surface area is 46.8 Å². The summed E-state index contributed by atoms with van der Waals surface area (Å²) in [5.74, 6) is 0.544. The predicted octanol–water partition coefficient (Wildman–Crippen LogP) is 1.31. The molecule has 2 nitrogen and oxygen atoms in total. The lowest BCUT2D eigenvalue weighted by Gasteiger charge is -1.81. The fraction of sp³-hybridized carbons (Fsp3) is 0.250. The van der Waals surface area contributed by atoms with Crippen molar-refractivity contribution in [2.75, 3.05) is 5.75 Å². The van der Waals surface area contributed by atoms with Crippen molar-refractivity contribution in [2.24, 2.45) is 0 Å².